The van der Waals surface area contributed by atoms with Crippen molar-refractivity contribution >= 4 is 33.7 Å². The van der Waals surface area contributed by atoms with Gasteiger partial charge in [0.2, 0.25) is 0 Å². The van der Waals surface area contributed by atoms with Crippen molar-refractivity contribution in [1.82, 2.24) is 4.98 Å². The molecule has 0 amide bonds. The zero-order chi connectivity index (χ0) is 13.4. The molecule has 3 aromatic rings. The standard InChI is InChI=1S/C15H12ClNOS/c1-9-8-19-15(13(9)16)14(18)11-4-2-3-10-5-6-17-7-12(10)11/h2-8,14,18H,1H3. The number of aryl methyl sites for hydroxylation is 1. The first-order chi connectivity index (χ1) is 9.18. The van der Waals surface area contributed by atoms with Crippen LogP contribution in [0, 0.1) is 6.92 Å². The molecule has 4 heteroatoms. The summed E-state index contributed by atoms with van der Waals surface area (Å²) in [5.74, 6) is 0. The van der Waals surface area contributed by atoms with Gasteiger partial charge in [0.25, 0.3) is 0 Å². The number of fused-ring (bicyclic) bond motifs is 1. The normalized spacial score (nSPS) is 12.8. The van der Waals surface area contributed by atoms with Gasteiger partial charge < -0.3 is 5.11 Å². The Balaban J connectivity index is 2.17. The molecule has 96 valence electrons. The van der Waals surface area contributed by atoms with E-state index in [0.717, 1.165) is 26.8 Å². The van der Waals surface area contributed by atoms with Gasteiger partial charge >= 0.3 is 0 Å². The summed E-state index contributed by atoms with van der Waals surface area (Å²) in [6.45, 7) is 1.94. The molecule has 1 N–H and O–H groups in total. The van der Waals surface area contributed by atoms with Crippen LogP contribution in [0.4, 0.5) is 0 Å². The Hall–Kier alpha value is -1.42. The monoisotopic (exact) mass is 289 g/mol. The molecule has 0 spiro atoms. The van der Waals surface area contributed by atoms with Crippen LogP contribution in [0.1, 0.15) is 22.1 Å². The lowest BCUT2D eigenvalue weighted by Crippen LogP contribution is -1.99. The van der Waals surface area contributed by atoms with Crippen molar-refractivity contribution < 1.29 is 5.11 Å². The van der Waals surface area contributed by atoms with E-state index < -0.39 is 6.10 Å². The second-order valence-corrected chi connectivity index (χ2v) is 5.73. The lowest BCUT2D eigenvalue weighted by atomic mass is 10.0. The van der Waals surface area contributed by atoms with E-state index in [9.17, 15) is 5.11 Å². The van der Waals surface area contributed by atoms with E-state index in [1.54, 1.807) is 12.4 Å². The highest BCUT2D eigenvalue weighted by atomic mass is 35.5. The number of hydrogen-bond donors (Lipinski definition) is 1. The average Bonchev–Trinajstić information content (AvgIpc) is 2.78. The summed E-state index contributed by atoms with van der Waals surface area (Å²) in [6.07, 6.45) is 2.82. The number of aliphatic hydroxyl groups is 1. The van der Waals surface area contributed by atoms with Crippen LogP contribution in [0.25, 0.3) is 10.8 Å². The van der Waals surface area contributed by atoms with Gasteiger partial charge in [-0.25, -0.2) is 0 Å². The van der Waals surface area contributed by atoms with Gasteiger partial charge in [0.15, 0.2) is 0 Å². The molecule has 19 heavy (non-hydrogen) atoms. The fraction of sp³-hybridized carbons (Fsp3) is 0.133. The highest BCUT2D eigenvalue weighted by molar-refractivity contribution is 7.10. The van der Waals surface area contributed by atoms with Crippen LogP contribution in [-0.4, -0.2) is 10.1 Å². The molecular formula is C15H12ClNOS. The predicted octanol–water partition coefficient (Wildman–Crippen LogP) is 4.34. The second-order valence-electron chi connectivity index (χ2n) is 4.44. The summed E-state index contributed by atoms with van der Waals surface area (Å²) < 4.78 is 0. The maximum absolute atomic E-state index is 10.6. The van der Waals surface area contributed by atoms with E-state index in [2.05, 4.69) is 4.98 Å². The third-order valence-electron chi connectivity index (χ3n) is 3.19. The maximum atomic E-state index is 10.6. The van der Waals surface area contributed by atoms with E-state index in [1.165, 1.54) is 11.3 Å². The first-order valence-corrected chi connectivity index (χ1v) is 7.18. The van der Waals surface area contributed by atoms with Crippen molar-refractivity contribution in [1.29, 1.82) is 0 Å². The molecule has 1 aromatic carbocycles. The number of halogens is 1. The Morgan fingerprint density at radius 1 is 1.32 bits per heavy atom. The summed E-state index contributed by atoms with van der Waals surface area (Å²) in [6, 6.07) is 7.80. The first-order valence-electron chi connectivity index (χ1n) is 5.92. The van der Waals surface area contributed by atoms with Gasteiger partial charge in [0.1, 0.15) is 6.10 Å². The third-order valence-corrected chi connectivity index (χ3v) is 4.95. The molecule has 1 unspecified atom stereocenters. The number of benzene rings is 1. The molecule has 2 heterocycles. The summed E-state index contributed by atoms with van der Waals surface area (Å²) in [5.41, 5.74) is 1.84. The van der Waals surface area contributed by atoms with Crippen LogP contribution < -0.4 is 0 Å². The third kappa shape index (κ3) is 2.14. The molecule has 0 aliphatic rings. The van der Waals surface area contributed by atoms with Crippen LogP contribution in [0.3, 0.4) is 0 Å². The summed E-state index contributed by atoms with van der Waals surface area (Å²) in [4.78, 5) is 4.92. The molecule has 0 aliphatic heterocycles. The lowest BCUT2D eigenvalue weighted by molar-refractivity contribution is 0.226. The van der Waals surface area contributed by atoms with Gasteiger partial charge in [-0.1, -0.05) is 29.8 Å². The minimum atomic E-state index is -0.709. The molecular weight excluding hydrogens is 278 g/mol. The molecule has 0 radical (unpaired) electrons. The second kappa shape index (κ2) is 4.93. The van der Waals surface area contributed by atoms with E-state index >= 15 is 0 Å². The van der Waals surface area contributed by atoms with Crippen molar-refractivity contribution in [3.8, 4) is 0 Å². The maximum Gasteiger partial charge on any atom is 0.115 e. The van der Waals surface area contributed by atoms with E-state index in [-0.39, 0.29) is 0 Å². The summed E-state index contributed by atoms with van der Waals surface area (Å²) in [5, 5.41) is 15.2. The van der Waals surface area contributed by atoms with Crippen LogP contribution in [0.2, 0.25) is 5.02 Å². The van der Waals surface area contributed by atoms with Crippen molar-refractivity contribution in [3.05, 3.63) is 63.1 Å². The average molecular weight is 290 g/mol. The van der Waals surface area contributed by atoms with Crippen LogP contribution in [-0.2, 0) is 0 Å². The number of aromatic nitrogens is 1. The van der Waals surface area contributed by atoms with Gasteiger partial charge in [-0.05, 0) is 34.9 Å². The fourth-order valence-electron chi connectivity index (χ4n) is 2.15. The Bertz CT molecular complexity index is 733. The van der Waals surface area contributed by atoms with Crippen LogP contribution in [0.5, 0.6) is 0 Å². The first kappa shape index (κ1) is 12.6. The Morgan fingerprint density at radius 3 is 2.89 bits per heavy atom. The Kier molecular flexibility index (Phi) is 3.27. The zero-order valence-corrected chi connectivity index (χ0v) is 11.9. The summed E-state index contributed by atoms with van der Waals surface area (Å²) >= 11 is 7.72. The van der Waals surface area contributed by atoms with E-state index in [1.807, 2.05) is 36.6 Å². The number of pyridine rings is 1. The lowest BCUT2D eigenvalue weighted by Gasteiger charge is -2.12. The minimum absolute atomic E-state index is 0.651. The Labute approximate surface area is 120 Å². The number of rotatable bonds is 2. The minimum Gasteiger partial charge on any atom is -0.383 e. The molecule has 1 atom stereocenters. The largest absolute Gasteiger partial charge is 0.383 e. The van der Waals surface area contributed by atoms with Crippen molar-refractivity contribution in [2.75, 3.05) is 0 Å². The molecule has 0 aliphatic carbocycles. The number of thiophene rings is 1. The summed E-state index contributed by atoms with van der Waals surface area (Å²) in [7, 11) is 0. The van der Waals surface area contributed by atoms with Gasteiger partial charge in [-0.2, -0.15) is 0 Å². The molecule has 0 fully saturated rings. The van der Waals surface area contributed by atoms with Crippen LogP contribution >= 0.6 is 22.9 Å². The molecule has 0 saturated heterocycles. The molecule has 2 nitrogen and oxygen atoms in total. The van der Waals surface area contributed by atoms with Gasteiger partial charge in [0.05, 0.1) is 9.90 Å². The quantitative estimate of drug-likeness (QED) is 0.761. The smallest absolute Gasteiger partial charge is 0.115 e. The zero-order valence-electron chi connectivity index (χ0n) is 10.3. The van der Waals surface area contributed by atoms with Gasteiger partial charge in [0, 0.05) is 17.8 Å². The fourth-order valence-corrected chi connectivity index (χ4v) is 3.45. The predicted molar refractivity (Wildman–Crippen MR) is 79.9 cm³/mol. The van der Waals surface area contributed by atoms with Crippen molar-refractivity contribution in [2.45, 2.75) is 13.0 Å². The van der Waals surface area contributed by atoms with Gasteiger partial charge in [-0.3, -0.25) is 4.98 Å². The van der Waals surface area contributed by atoms with Gasteiger partial charge in [-0.15, -0.1) is 11.3 Å². The topological polar surface area (TPSA) is 33.1 Å². The Morgan fingerprint density at radius 2 is 2.16 bits per heavy atom. The highest BCUT2D eigenvalue weighted by Crippen LogP contribution is 2.37. The molecule has 0 bridgehead atoms. The highest BCUT2D eigenvalue weighted by Gasteiger charge is 2.19. The van der Waals surface area contributed by atoms with E-state index in [0.29, 0.717) is 5.02 Å². The number of hydrogen-bond acceptors (Lipinski definition) is 3. The van der Waals surface area contributed by atoms with E-state index in [4.69, 9.17) is 11.6 Å². The van der Waals surface area contributed by atoms with Crippen LogP contribution in [0.15, 0.2) is 42.0 Å². The number of nitrogens with zero attached hydrogens (tertiary/aromatic N) is 1. The molecule has 3 rings (SSSR count). The molecule has 0 saturated carbocycles. The number of aliphatic hydroxyl groups excluding tert-OH is 1. The molecule has 2 aromatic heterocycles. The van der Waals surface area contributed by atoms with Crippen molar-refractivity contribution in [3.63, 3.8) is 0 Å². The SMILES string of the molecule is Cc1csc(C(O)c2cccc3ccncc23)c1Cl. The van der Waals surface area contributed by atoms with Crippen molar-refractivity contribution in [2.24, 2.45) is 0 Å².